The highest BCUT2D eigenvalue weighted by Gasteiger charge is 2.33. The zero-order chi connectivity index (χ0) is 18.9. The number of amides is 1. The molecule has 2 aliphatic heterocycles. The van der Waals surface area contributed by atoms with Gasteiger partial charge in [-0.2, -0.15) is 4.98 Å². The van der Waals surface area contributed by atoms with Crippen LogP contribution in [0.4, 0.5) is 5.95 Å². The average Bonchev–Trinajstić information content (AvgIpc) is 3.33. The van der Waals surface area contributed by atoms with Crippen molar-refractivity contribution in [1.82, 2.24) is 18.7 Å². The number of rotatable bonds is 2. The summed E-state index contributed by atoms with van der Waals surface area (Å²) in [6.07, 6.45) is 0. The van der Waals surface area contributed by atoms with Crippen molar-refractivity contribution in [2.75, 3.05) is 11.7 Å². The fraction of sp³-hybridized carbons (Fsp3) is 0.294. The van der Waals surface area contributed by atoms with Crippen molar-refractivity contribution in [1.29, 1.82) is 0 Å². The van der Waals surface area contributed by atoms with E-state index in [1.54, 1.807) is 17.7 Å². The molecule has 27 heavy (non-hydrogen) atoms. The van der Waals surface area contributed by atoms with Crippen LogP contribution in [0.3, 0.4) is 0 Å². The number of anilines is 1. The van der Waals surface area contributed by atoms with Gasteiger partial charge in [-0.25, -0.2) is 4.79 Å². The third kappa shape index (κ3) is 2.06. The lowest BCUT2D eigenvalue weighted by Crippen LogP contribution is -2.37. The maximum absolute atomic E-state index is 12.6. The Labute approximate surface area is 151 Å². The van der Waals surface area contributed by atoms with E-state index in [4.69, 9.17) is 9.47 Å². The molecule has 0 saturated heterocycles. The number of benzene rings is 1. The predicted molar refractivity (Wildman–Crippen MR) is 94.0 cm³/mol. The van der Waals surface area contributed by atoms with Gasteiger partial charge in [-0.05, 0) is 17.7 Å². The van der Waals surface area contributed by atoms with Gasteiger partial charge in [0.05, 0.1) is 6.54 Å². The lowest BCUT2D eigenvalue weighted by atomic mass is 10.2. The number of imidazole rings is 1. The van der Waals surface area contributed by atoms with Crippen molar-refractivity contribution in [2.24, 2.45) is 14.1 Å². The van der Waals surface area contributed by atoms with Gasteiger partial charge < -0.3 is 9.47 Å². The van der Waals surface area contributed by atoms with Gasteiger partial charge >= 0.3 is 5.69 Å². The quantitative estimate of drug-likeness (QED) is 0.615. The molecule has 0 spiro atoms. The summed E-state index contributed by atoms with van der Waals surface area (Å²) in [4.78, 5) is 43.2. The zero-order valence-electron chi connectivity index (χ0n) is 14.6. The molecule has 0 aliphatic carbocycles. The van der Waals surface area contributed by atoms with Crippen LogP contribution in [-0.4, -0.2) is 31.4 Å². The third-order valence-corrected chi connectivity index (χ3v) is 4.94. The Kier molecular flexibility index (Phi) is 3.03. The number of nitrogens with zero attached hydrogens (tertiary/aromatic N) is 5. The monoisotopic (exact) mass is 369 g/mol. The predicted octanol–water partition coefficient (Wildman–Crippen LogP) is -0.291. The molecule has 3 aromatic rings. The summed E-state index contributed by atoms with van der Waals surface area (Å²) in [6, 6.07) is 5.46. The van der Waals surface area contributed by atoms with Crippen LogP contribution in [0.15, 0.2) is 27.8 Å². The summed E-state index contributed by atoms with van der Waals surface area (Å²) in [5.41, 5.74) is 0.426. The SMILES string of the molecule is Cn1c(=O)c2c(nc3n2CC(=O)N3Cc2ccc3c(c2)OCO3)n(C)c1=O. The zero-order valence-corrected chi connectivity index (χ0v) is 14.6. The van der Waals surface area contributed by atoms with Crippen LogP contribution >= 0.6 is 0 Å². The number of carbonyl (C=O) groups is 1. The Balaban J connectivity index is 1.62. The lowest BCUT2D eigenvalue weighted by Gasteiger charge is -2.14. The molecule has 2 aromatic heterocycles. The van der Waals surface area contributed by atoms with Crippen molar-refractivity contribution in [2.45, 2.75) is 13.1 Å². The topological polar surface area (TPSA) is 101 Å². The lowest BCUT2D eigenvalue weighted by molar-refractivity contribution is -0.118. The van der Waals surface area contributed by atoms with E-state index in [1.165, 1.54) is 16.5 Å². The van der Waals surface area contributed by atoms with Gasteiger partial charge in [0, 0.05) is 14.1 Å². The second kappa shape index (κ2) is 5.22. The molecule has 0 atom stereocenters. The highest BCUT2D eigenvalue weighted by Crippen LogP contribution is 2.34. The Morgan fingerprint density at radius 3 is 2.67 bits per heavy atom. The van der Waals surface area contributed by atoms with Crippen LogP contribution in [0.5, 0.6) is 11.5 Å². The normalized spacial score (nSPS) is 15.0. The summed E-state index contributed by atoms with van der Waals surface area (Å²) in [5.74, 6) is 1.47. The molecule has 1 amide bonds. The third-order valence-electron chi connectivity index (χ3n) is 4.94. The van der Waals surface area contributed by atoms with Crippen LogP contribution in [-0.2, 0) is 32.0 Å². The standard InChI is InChI=1S/C17H15N5O5/c1-19-14-13(15(24)20(2)17(19)25)22-7-12(23)21(16(22)18-14)6-9-3-4-10-11(5-9)27-8-26-10/h3-5H,6-8H2,1-2H3. The molecule has 1 aromatic carbocycles. The van der Waals surface area contributed by atoms with Crippen LogP contribution in [0.25, 0.3) is 11.2 Å². The number of ether oxygens (including phenoxy) is 2. The number of aromatic nitrogens is 4. The summed E-state index contributed by atoms with van der Waals surface area (Å²) in [6.45, 7) is 0.450. The molecule has 138 valence electrons. The van der Waals surface area contributed by atoms with Crippen molar-refractivity contribution >= 4 is 23.0 Å². The van der Waals surface area contributed by atoms with Gasteiger partial charge in [-0.1, -0.05) is 6.07 Å². The molecule has 4 heterocycles. The molecule has 0 saturated carbocycles. The maximum atomic E-state index is 12.6. The molecular formula is C17H15N5O5. The highest BCUT2D eigenvalue weighted by molar-refractivity contribution is 5.98. The molecule has 0 bridgehead atoms. The van der Waals surface area contributed by atoms with Gasteiger partial charge in [0.15, 0.2) is 22.7 Å². The van der Waals surface area contributed by atoms with Crippen LogP contribution in [0.2, 0.25) is 0 Å². The first-order chi connectivity index (χ1) is 13.0. The Morgan fingerprint density at radius 1 is 1.07 bits per heavy atom. The largest absolute Gasteiger partial charge is 0.454 e. The minimum atomic E-state index is -0.468. The van der Waals surface area contributed by atoms with Gasteiger partial charge in [-0.3, -0.25) is 28.2 Å². The summed E-state index contributed by atoms with van der Waals surface area (Å²) >= 11 is 0. The molecule has 10 nitrogen and oxygen atoms in total. The fourth-order valence-electron chi connectivity index (χ4n) is 3.50. The van der Waals surface area contributed by atoms with Gasteiger partial charge in [0.2, 0.25) is 18.6 Å². The average molecular weight is 369 g/mol. The molecular weight excluding hydrogens is 354 g/mol. The van der Waals surface area contributed by atoms with Gasteiger partial charge in [0.25, 0.3) is 5.56 Å². The van der Waals surface area contributed by atoms with E-state index < -0.39 is 11.2 Å². The smallest absolute Gasteiger partial charge is 0.332 e. The summed E-state index contributed by atoms with van der Waals surface area (Å²) < 4.78 is 14.6. The Hall–Kier alpha value is -3.56. The second-order valence-corrected chi connectivity index (χ2v) is 6.54. The summed E-state index contributed by atoms with van der Waals surface area (Å²) in [5, 5.41) is 0. The molecule has 0 unspecified atom stereocenters. The summed E-state index contributed by atoms with van der Waals surface area (Å²) in [7, 11) is 2.96. The van der Waals surface area contributed by atoms with E-state index in [-0.39, 0.29) is 37.0 Å². The van der Waals surface area contributed by atoms with Crippen molar-refractivity contribution in [3.05, 3.63) is 44.6 Å². The van der Waals surface area contributed by atoms with Gasteiger partial charge in [0.1, 0.15) is 6.54 Å². The molecule has 0 radical (unpaired) electrons. The van der Waals surface area contributed by atoms with E-state index in [0.717, 1.165) is 10.1 Å². The van der Waals surface area contributed by atoms with Crippen LogP contribution in [0, 0.1) is 0 Å². The minimum Gasteiger partial charge on any atom is -0.454 e. The first-order valence-corrected chi connectivity index (χ1v) is 8.31. The fourth-order valence-corrected chi connectivity index (χ4v) is 3.50. The maximum Gasteiger partial charge on any atom is 0.332 e. The number of carbonyl (C=O) groups excluding carboxylic acids is 1. The number of fused-ring (bicyclic) bond motifs is 4. The molecule has 2 aliphatic rings. The van der Waals surface area contributed by atoms with Crippen LogP contribution < -0.4 is 25.6 Å². The Morgan fingerprint density at radius 2 is 1.85 bits per heavy atom. The van der Waals surface area contributed by atoms with E-state index in [2.05, 4.69) is 4.98 Å². The van der Waals surface area contributed by atoms with Crippen molar-refractivity contribution in [3.8, 4) is 11.5 Å². The van der Waals surface area contributed by atoms with Gasteiger partial charge in [-0.15, -0.1) is 0 Å². The first-order valence-electron chi connectivity index (χ1n) is 8.31. The Bertz CT molecular complexity index is 1250. The van der Waals surface area contributed by atoms with Crippen LogP contribution in [0.1, 0.15) is 5.56 Å². The number of aryl methyl sites for hydroxylation is 1. The van der Waals surface area contributed by atoms with E-state index in [9.17, 15) is 14.4 Å². The highest BCUT2D eigenvalue weighted by atomic mass is 16.7. The van der Waals surface area contributed by atoms with Crippen molar-refractivity contribution < 1.29 is 14.3 Å². The first kappa shape index (κ1) is 15.7. The number of hydrogen-bond acceptors (Lipinski definition) is 6. The molecule has 0 N–H and O–H groups in total. The van der Waals surface area contributed by atoms with E-state index >= 15 is 0 Å². The molecule has 0 fully saturated rings. The second-order valence-electron chi connectivity index (χ2n) is 6.54. The molecule has 5 rings (SSSR count). The van der Waals surface area contributed by atoms with E-state index in [1.807, 2.05) is 12.1 Å². The van der Waals surface area contributed by atoms with E-state index in [0.29, 0.717) is 17.4 Å². The minimum absolute atomic E-state index is 0.00380. The number of hydrogen-bond donors (Lipinski definition) is 0. The van der Waals surface area contributed by atoms with Crippen molar-refractivity contribution in [3.63, 3.8) is 0 Å². The molecule has 10 heteroatoms.